The molecule has 1 aliphatic heterocycles. The van der Waals surface area contributed by atoms with E-state index in [-0.39, 0.29) is 22.6 Å². The van der Waals surface area contributed by atoms with E-state index in [0.717, 1.165) is 19.3 Å². The summed E-state index contributed by atoms with van der Waals surface area (Å²) in [6.45, 7) is 8.69. The molecule has 116 valence electrons. The van der Waals surface area contributed by atoms with E-state index in [1.54, 1.807) is 0 Å². The highest BCUT2D eigenvalue weighted by Gasteiger charge is 2.57. The monoisotopic (exact) mass is 322 g/mol. The maximum atomic E-state index is 11.8. The lowest BCUT2D eigenvalue weighted by atomic mass is 9.53. The van der Waals surface area contributed by atoms with E-state index in [0.29, 0.717) is 6.42 Å². The second-order valence-corrected chi connectivity index (χ2v) is 10.9. The second kappa shape index (κ2) is 4.60. The van der Waals surface area contributed by atoms with E-state index in [2.05, 4.69) is 27.7 Å². The third kappa shape index (κ3) is 3.48. The summed E-state index contributed by atoms with van der Waals surface area (Å²) in [6, 6.07) is 0. The molecule has 0 aromatic heterocycles. The van der Waals surface area contributed by atoms with E-state index in [1.165, 1.54) is 0 Å². The van der Waals surface area contributed by atoms with Gasteiger partial charge in [-0.05, 0) is 30.1 Å². The third-order valence-corrected chi connectivity index (χ3v) is 5.50. The van der Waals surface area contributed by atoms with Crippen molar-refractivity contribution >= 4 is 25.7 Å². The molecular weight excluding hydrogens is 300 g/mol. The zero-order valence-corrected chi connectivity index (χ0v) is 14.1. The van der Waals surface area contributed by atoms with Gasteiger partial charge in [-0.1, -0.05) is 27.7 Å². The maximum absolute atomic E-state index is 11.8. The van der Waals surface area contributed by atoms with Gasteiger partial charge in [0.15, 0.2) is 0 Å². The van der Waals surface area contributed by atoms with Gasteiger partial charge in [-0.3, -0.25) is 4.79 Å². The number of hydrogen-bond acceptors (Lipinski definition) is 4. The molecule has 0 amide bonds. The van der Waals surface area contributed by atoms with Crippen LogP contribution in [0.25, 0.3) is 0 Å². The first-order valence-corrected chi connectivity index (χ1v) is 9.42. The lowest BCUT2D eigenvalue weighted by molar-refractivity contribution is -0.141. The van der Waals surface area contributed by atoms with E-state index in [1.807, 2.05) is 0 Å². The Morgan fingerprint density at radius 1 is 1.15 bits per heavy atom. The molecule has 2 aliphatic rings. The van der Waals surface area contributed by atoms with Crippen LogP contribution in [0, 0.1) is 16.2 Å². The van der Waals surface area contributed by atoms with Gasteiger partial charge in [0.25, 0.3) is 0 Å². The van der Waals surface area contributed by atoms with E-state index in [4.69, 9.17) is 15.4 Å². The van der Waals surface area contributed by atoms with Crippen molar-refractivity contribution in [2.75, 3.05) is 5.75 Å². The number of carbonyl (C=O) groups is 1. The van der Waals surface area contributed by atoms with Crippen molar-refractivity contribution in [3.63, 3.8) is 0 Å². The largest absolute Gasteiger partial charge is 0.461 e. The maximum Gasteiger partial charge on any atom is 0.306 e. The van der Waals surface area contributed by atoms with Gasteiger partial charge < -0.3 is 4.74 Å². The van der Waals surface area contributed by atoms with Crippen LogP contribution in [0.1, 0.15) is 53.4 Å². The fourth-order valence-electron chi connectivity index (χ4n) is 4.86. The number of carbonyl (C=O) groups excluding carboxylic acids is 1. The summed E-state index contributed by atoms with van der Waals surface area (Å²) in [7, 11) is 1.70. The van der Waals surface area contributed by atoms with Crippen LogP contribution in [-0.2, 0) is 18.6 Å². The summed E-state index contributed by atoms with van der Waals surface area (Å²) in [4.78, 5) is 11.8. The van der Waals surface area contributed by atoms with Crippen LogP contribution in [0.4, 0.5) is 0 Å². The predicted octanol–water partition coefficient (Wildman–Crippen LogP) is 3.09. The van der Waals surface area contributed by atoms with Crippen molar-refractivity contribution in [1.82, 2.24) is 0 Å². The first kappa shape index (κ1) is 16.1. The minimum atomic E-state index is -3.69. The standard InChI is InChI=1S/C14H23ClO4S/c1-12(2)7-13(3,4)9-14(8-12)5-11(16)19-10(14)6-20(15,17)18/h10H,5-9H2,1-4H3. The van der Waals surface area contributed by atoms with Gasteiger partial charge in [-0.25, -0.2) is 8.42 Å². The molecule has 0 N–H and O–H groups in total. The average molecular weight is 323 g/mol. The van der Waals surface area contributed by atoms with Gasteiger partial charge in [0, 0.05) is 16.1 Å². The Morgan fingerprint density at radius 3 is 2.10 bits per heavy atom. The van der Waals surface area contributed by atoms with Gasteiger partial charge in [-0.15, -0.1) is 0 Å². The van der Waals surface area contributed by atoms with E-state index < -0.39 is 20.6 Å². The number of rotatable bonds is 2. The molecular formula is C14H23ClO4S. The van der Waals surface area contributed by atoms with E-state index in [9.17, 15) is 13.2 Å². The molecule has 0 aromatic carbocycles. The van der Waals surface area contributed by atoms with E-state index >= 15 is 0 Å². The number of ether oxygens (including phenoxy) is 1. The SMILES string of the molecule is CC1(C)CC(C)(C)CC2(CC(=O)OC2CS(=O)(=O)Cl)C1. The lowest BCUT2D eigenvalue weighted by Crippen LogP contribution is -2.47. The Bertz CT molecular complexity index is 505. The van der Waals surface area contributed by atoms with Gasteiger partial charge in [0.05, 0.1) is 6.42 Å². The molecule has 1 aliphatic carbocycles. The van der Waals surface area contributed by atoms with Crippen LogP contribution in [-0.4, -0.2) is 26.2 Å². The minimum absolute atomic E-state index is 0.0596. The summed E-state index contributed by atoms with van der Waals surface area (Å²) in [5, 5.41) is 0. The highest BCUT2D eigenvalue weighted by Crippen LogP contribution is 2.59. The Hall–Kier alpha value is -0.290. The molecule has 4 nitrogen and oxygen atoms in total. The normalized spacial score (nSPS) is 31.2. The molecule has 20 heavy (non-hydrogen) atoms. The number of cyclic esters (lactones) is 1. The summed E-state index contributed by atoms with van der Waals surface area (Å²) >= 11 is 0. The van der Waals surface area contributed by atoms with Crippen molar-refractivity contribution in [2.24, 2.45) is 16.2 Å². The van der Waals surface area contributed by atoms with Crippen LogP contribution in [0.15, 0.2) is 0 Å². The van der Waals surface area contributed by atoms with Crippen LogP contribution < -0.4 is 0 Å². The summed E-state index contributed by atoms with van der Waals surface area (Å²) in [5.74, 6) is -0.587. The highest BCUT2D eigenvalue weighted by atomic mass is 35.7. The molecule has 0 aromatic rings. The molecule has 6 heteroatoms. The zero-order valence-electron chi connectivity index (χ0n) is 12.5. The molecule has 1 spiro atoms. The topological polar surface area (TPSA) is 60.4 Å². The minimum Gasteiger partial charge on any atom is -0.461 e. The molecule has 1 saturated carbocycles. The molecule has 1 atom stereocenters. The highest BCUT2D eigenvalue weighted by molar-refractivity contribution is 8.13. The number of halogens is 1. The molecule has 1 unspecified atom stereocenters. The lowest BCUT2D eigenvalue weighted by Gasteiger charge is -2.51. The Kier molecular flexibility index (Phi) is 3.70. The van der Waals surface area contributed by atoms with Crippen molar-refractivity contribution in [3.05, 3.63) is 0 Å². The van der Waals surface area contributed by atoms with Gasteiger partial charge in [0.2, 0.25) is 9.05 Å². The smallest absolute Gasteiger partial charge is 0.306 e. The van der Waals surface area contributed by atoms with Crippen molar-refractivity contribution in [3.8, 4) is 0 Å². The van der Waals surface area contributed by atoms with Gasteiger partial charge in [0.1, 0.15) is 11.9 Å². The summed E-state index contributed by atoms with van der Waals surface area (Å²) < 4.78 is 28.1. The van der Waals surface area contributed by atoms with Crippen LogP contribution in [0.3, 0.4) is 0 Å². The van der Waals surface area contributed by atoms with Crippen molar-refractivity contribution in [1.29, 1.82) is 0 Å². The third-order valence-electron chi connectivity index (χ3n) is 4.42. The fraction of sp³-hybridized carbons (Fsp3) is 0.929. The Labute approximate surface area is 125 Å². The second-order valence-electron chi connectivity index (χ2n) is 8.08. The summed E-state index contributed by atoms with van der Waals surface area (Å²) in [6.07, 6.45) is 2.34. The molecule has 1 heterocycles. The van der Waals surface area contributed by atoms with Gasteiger partial charge in [-0.2, -0.15) is 0 Å². The number of esters is 1. The van der Waals surface area contributed by atoms with Crippen LogP contribution in [0.5, 0.6) is 0 Å². The molecule has 2 rings (SSSR count). The average Bonchev–Trinajstić information content (AvgIpc) is 2.31. The van der Waals surface area contributed by atoms with Crippen molar-refractivity contribution < 1.29 is 17.9 Å². The predicted molar refractivity (Wildman–Crippen MR) is 78.0 cm³/mol. The van der Waals surface area contributed by atoms with Crippen LogP contribution in [0.2, 0.25) is 0 Å². The Morgan fingerprint density at radius 2 is 1.65 bits per heavy atom. The quantitative estimate of drug-likeness (QED) is 0.579. The fourth-order valence-corrected chi connectivity index (χ4v) is 5.99. The zero-order chi connectivity index (χ0) is 15.4. The van der Waals surface area contributed by atoms with Crippen LogP contribution >= 0.6 is 10.7 Å². The molecule has 0 radical (unpaired) electrons. The van der Waals surface area contributed by atoms with Gasteiger partial charge >= 0.3 is 5.97 Å². The molecule has 2 fully saturated rings. The summed E-state index contributed by atoms with van der Waals surface area (Å²) in [5.41, 5.74) is -0.279. The van der Waals surface area contributed by atoms with Crippen molar-refractivity contribution in [2.45, 2.75) is 59.5 Å². The first-order valence-electron chi connectivity index (χ1n) is 6.95. The molecule has 1 saturated heterocycles. The number of hydrogen-bond donors (Lipinski definition) is 0. The first-order chi connectivity index (χ1) is 8.83. The Balaban J connectivity index is 2.37. The molecule has 0 bridgehead atoms.